The van der Waals surface area contributed by atoms with Crippen LogP contribution in [-0.4, -0.2) is 44.9 Å². The van der Waals surface area contributed by atoms with E-state index in [2.05, 4.69) is 15.5 Å². The van der Waals surface area contributed by atoms with Crippen molar-refractivity contribution in [2.24, 2.45) is 5.10 Å². The van der Waals surface area contributed by atoms with E-state index in [9.17, 15) is 13.2 Å². The number of para-hydroxylation sites is 1. The highest BCUT2D eigenvalue weighted by Gasteiger charge is 2.29. The van der Waals surface area contributed by atoms with Gasteiger partial charge in [-0.25, -0.2) is 18.8 Å². The second-order valence-electron chi connectivity index (χ2n) is 6.73. The van der Waals surface area contributed by atoms with Crippen molar-refractivity contribution in [3.8, 4) is 5.75 Å². The Labute approximate surface area is 185 Å². The summed E-state index contributed by atoms with van der Waals surface area (Å²) in [7, 11) is -2.23. The number of hydrogen-bond acceptors (Lipinski definition) is 6. The summed E-state index contributed by atoms with van der Waals surface area (Å²) in [6.45, 7) is 1.47. The molecular weight excluding hydrogens is 440 g/mol. The van der Waals surface area contributed by atoms with Gasteiger partial charge in [0.1, 0.15) is 16.9 Å². The normalized spacial score (nSPS) is 12.6. The molecular formula is C21H21ClN4O4S. The number of benzene rings is 2. The first-order valence-corrected chi connectivity index (χ1v) is 11.4. The van der Waals surface area contributed by atoms with Crippen LogP contribution in [0.3, 0.4) is 0 Å². The van der Waals surface area contributed by atoms with E-state index in [4.69, 9.17) is 16.3 Å². The van der Waals surface area contributed by atoms with Crippen LogP contribution in [0.5, 0.6) is 5.75 Å². The summed E-state index contributed by atoms with van der Waals surface area (Å²) in [5.74, 6) is -0.0397. The number of carbonyl (C=O) groups excluding carboxylic acids is 1. The first-order chi connectivity index (χ1) is 14.7. The van der Waals surface area contributed by atoms with Crippen molar-refractivity contribution in [3.05, 3.63) is 65.3 Å². The summed E-state index contributed by atoms with van der Waals surface area (Å²) in [6.07, 6.45) is 2.40. The first-order valence-electron chi connectivity index (χ1n) is 9.22. The number of nitrogens with one attached hydrogen (secondary N) is 1. The zero-order valence-electron chi connectivity index (χ0n) is 17.1. The van der Waals surface area contributed by atoms with Gasteiger partial charge < -0.3 is 4.74 Å². The quantitative estimate of drug-likeness (QED) is 0.331. The summed E-state index contributed by atoms with van der Waals surface area (Å²) in [6, 6.07) is 14.6. The number of methoxy groups -OCH3 is 1. The zero-order valence-corrected chi connectivity index (χ0v) is 18.7. The van der Waals surface area contributed by atoms with E-state index < -0.39 is 22.0 Å². The van der Waals surface area contributed by atoms with E-state index >= 15 is 0 Å². The number of anilines is 1. The van der Waals surface area contributed by atoms with Gasteiger partial charge in [-0.2, -0.15) is 5.10 Å². The number of halogens is 1. The molecule has 0 aliphatic heterocycles. The van der Waals surface area contributed by atoms with Crippen molar-refractivity contribution in [3.63, 3.8) is 0 Å². The van der Waals surface area contributed by atoms with Gasteiger partial charge in [-0.05, 0) is 43.3 Å². The molecule has 162 valence electrons. The molecule has 0 aliphatic rings. The topological polar surface area (TPSA) is 101 Å². The van der Waals surface area contributed by atoms with Crippen molar-refractivity contribution >= 4 is 50.3 Å². The Bertz CT molecular complexity index is 1230. The maximum atomic E-state index is 12.6. The minimum Gasteiger partial charge on any atom is -0.497 e. The van der Waals surface area contributed by atoms with Gasteiger partial charge in [0.2, 0.25) is 10.0 Å². The maximum Gasteiger partial charge on any atom is 0.263 e. The second-order valence-corrected chi connectivity index (χ2v) is 8.95. The molecule has 0 fully saturated rings. The van der Waals surface area contributed by atoms with Crippen molar-refractivity contribution in [2.45, 2.75) is 13.0 Å². The molecule has 8 nitrogen and oxygen atoms in total. The van der Waals surface area contributed by atoms with Gasteiger partial charge in [0.15, 0.2) is 0 Å². The number of pyridine rings is 1. The molecule has 31 heavy (non-hydrogen) atoms. The highest BCUT2D eigenvalue weighted by Crippen LogP contribution is 2.24. The molecule has 10 heteroatoms. The Morgan fingerprint density at radius 1 is 1.23 bits per heavy atom. The Hall–Kier alpha value is -3.17. The molecule has 2 aromatic carbocycles. The average molecular weight is 461 g/mol. The lowest BCUT2D eigenvalue weighted by Crippen LogP contribution is -2.46. The molecule has 0 saturated carbocycles. The van der Waals surface area contributed by atoms with Crippen LogP contribution in [-0.2, 0) is 14.8 Å². The molecule has 0 saturated heterocycles. The third-order valence-corrected chi connectivity index (χ3v) is 6.04. The van der Waals surface area contributed by atoms with E-state index in [1.165, 1.54) is 20.2 Å². The van der Waals surface area contributed by atoms with Crippen LogP contribution >= 0.6 is 11.6 Å². The van der Waals surface area contributed by atoms with Crippen LogP contribution < -0.4 is 14.5 Å². The number of ether oxygens (including phenoxy) is 1. The fourth-order valence-electron chi connectivity index (χ4n) is 3.00. The summed E-state index contributed by atoms with van der Waals surface area (Å²) >= 11 is 6.18. The maximum absolute atomic E-state index is 12.6. The summed E-state index contributed by atoms with van der Waals surface area (Å²) in [5, 5.41) is 5.03. The fourth-order valence-corrected chi connectivity index (χ4v) is 4.37. The lowest BCUT2D eigenvalue weighted by Gasteiger charge is -2.27. The van der Waals surface area contributed by atoms with Crippen LogP contribution in [0.1, 0.15) is 12.5 Å². The molecule has 1 amide bonds. The molecule has 3 rings (SSSR count). The molecule has 1 heterocycles. The smallest absolute Gasteiger partial charge is 0.263 e. The minimum atomic E-state index is -3.74. The SMILES string of the molecule is COc1ccc(N(C(C)C(=O)N/N=C/c2cc3ccccc3nc2Cl)S(C)(=O)=O)cc1. The molecule has 1 atom stereocenters. The Morgan fingerprint density at radius 3 is 2.55 bits per heavy atom. The molecule has 0 radical (unpaired) electrons. The van der Waals surface area contributed by atoms with Crippen LogP contribution in [0.15, 0.2) is 59.7 Å². The van der Waals surface area contributed by atoms with Crippen LogP contribution in [0.4, 0.5) is 5.69 Å². The lowest BCUT2D eigenvalue weighted by molar-refractivity contribution is -0.121. The third kappa shape index (κ3) is 5.31. The number of fused-ring (bicyclic) bond motifs is 1. The average Bonchev–Trinajstić information content (AvgIpc) is 2.73. The lowest BCUT2D eigenvalue weighted by atomic mass is 10.2. The van der Waals surface area contributed by atoms with Crippen LogP contribution in [0.2, 0.25) is 5.15 Å². The molecule has 1 N–H and O–H groups in total. The summed E-state index contributed by atoms with van der Waals surface area (Å²) < 4.78 is 30.8. The van der Waals surface area contributed by atoms with Gasteiger partial charge in [-0.1, -0.05) is 29.8 Å². The highest BCUT2D eigenvalue weighted by atomic mass is 35.5. The Kier molecular flexibility index (Phi) is 6.77. The second kappa shape index (κ2) is 9.32. The number of amides is 1. The van der Waals surface area contributed by atoms with E-state index in [1.54, 1.807) is 30.3 Å². The fraction of sp³-hybridized carbons (Fsp3) is 0.190. The molecule has 3 aromatic rings. The number of aromatic nitrogens is 1. The van der Waals surface area contributed by atoms with Crippen molar-refractivity contribution in [1.29, 1.82) is 0 Å². The molecule has 0 bridgehead atoms. The van der Waals surface area contributed by atoms with Crippen molar-refractivity contribution in [2.75, 3.05) is 17.7 Å². The monoisotopic (exact) mass is 460 g/mol. The largest absolute Gasteiger partial charge is 0.497 e. The van der Waals surface area contributed by atoms with Gasteiger partial charge in [0.25, 0.3) is 5.91 Å². The Balaban J connectivity index is 1.78. The highest BCUT2D eigenvalue weighted by molar-refractivity contribution is 7.92. The van der Waals surface area contributed by atoms with Gasteiger partial charge >= 0.3 is 0 Å². The van der Waals surface area contributed by atoms with Crippen LogP contribution in [0, 0.1) is 0 Å². The van der Waals surface area contributed by atoms with Gasteiger partial charge in [0.05, 0.1) is 30.8 Å². The summed E-state index contributed by atoms with van der Waals surface area (Å²) in [5.41, 5.74) is 3.95. The number of hydrazone groups is 1. The molecule has 1 aromatic heterocycles. The Morgan fingerprint density at radius 2 is 1.90 bits per heavy atom. The molecule has 0 aliphatic carbocycles. The van der Waals surface area contributed by atoms with Crippen molar-refractivity contribution in [1.82, 2.24) is 10.4 Å². The number of carbonyl (C=O) groups is 1. The summed E-state index contributed by atoms with van der Waals surface area (Å²) in [4.78, 5) is 16.9. The van der Waals surface area contributed by atoms with E-state index in [0.29, 0.717) is 17.0 Å². The molecule has 0 spiro atoms. The first kappa shape index (κ1) is 22.5. The number of rotatable bonds is 7. The van der Waals surface area contributed by atoms with Gasteiger partial charge in [0, 0.05) is 10.9 Å². The number of sulfonamides is 1. The predicted molar refractivity (Wildman–Crippen MR) is 122 cm³/mol. The number of hydrogen-bond donors (Lipinski definition) is 1. The minimum absolute atomic E-state index is 0.237. The zero-order chi connectivity index (χ0) is 22.6. The van der Waals surface area contributed by atoms with E-state index in [0.717, 1.165) is 21.5 Å². The molecule has 1 unspecified atom stereocenters. The standard InChI is InChI=1S/C21H21ClN4O4S/c1-14(26(31(3,28)29)17-8-10-18(30-2)11-9-17)21(27)25-23-13-16-12-15-6-4-5-7-19(15)24-20(16)22/h4-14H,1-3H3,(H,25,27)/b23-13+. The van der Waals surface area contributed by atoms with Crippen molar-refractivity contribution < 1.29 is 17.9 Å². The van der Waals surface area contributed by atoms with Crippen LogP contribution in [0.25, 0.3) is 10.9 Å². The van der Waals surface area contributed by atoms with Gasteiger partial charge in [-0.15, -0.1) is 0 Å². The third-order valence-electron chi connectivity index (χ3n) is 4.50. The van der Waals surface area contributed by atoms with E-state index in [-0.39, 0.29) is 5.15 Å². The predicted octanol–water partition coefficient (Wildman–Crippen LogP) is 3.20. The number of nitrogens with zero attached hydrogens (tertiary/aromatic N) is 3. The van der Waals surface area contributed by atoms with Gasteiger partial charge in [-0.3, -0.25) is 9.10 Å². The van der Waals surface area contributed by atoms with E-state index in [1.807, 2.05) is 24.3 Å².